The van der Waals surface area contributed by atoms with Gasteiger partial charge in [0.15, 0.2) is 0 Å². The maximum Gasteiger partial charge on any atom is 0.232 e. The summed E-state index contributed by atoms with van der Waals surface area (Å²) in [5.41, 5.74) is 1.62. The van der Waals surface area contributed by atoms with E-state index < -0.39 is 0 Å². The van der Waals surface area contributed by atoms with Crippen LogP contribution in [0.15, 0.2) is 24.3 Å². The van der Waals surface area contributed by atoms with Crippen molar-refractivity contribution in [2.75, 3.05) is 51.4 Å². The summed E-state index contributed by atoms with van der Waals surface area (Å²) >= 11 is 0. The van der Waals surface area contributed by atoms with Gasteiger partial charge in [-0.05, 0) is 31.0 Å². The van der Waals surface area contributed by atoms with E-state index in [1.165, 1.54) is 6.92 Å². The number of ether oxygens (including phenoxy) is 2. The lowest BCUT2D eigenvalue weighted by atomic mass is 10.1. The number of likely N-dealkylation sites (tertiary alicyclic amines) is 1. The molecule has 40 heavy (non-hydrogen) atoms. The quantitative estimate of drug-likeness (QED) is 0.167. The van der Waals surface area contributed by atoms with E-state index in [0.717, 1.165) is 10.5 Å². The van der Waals surface area contributed by atoms with Crippen LogP contribution in [0.25, 0.3) is 0 Å². The fourth-order valence-electron chi connectivity index (χ4n) is 3.84. The topological polar surface area (TPSA) is 160 Å². The Morgan fingerprint density at radius 1 is 0.825 bits per heavy atom. The summed E-state index contributed by atoms with van der Waals surface area (Å²) in [6, 6.07) is 7.26. The van der Waals surface area contributed by atoms with Gasteiger partial charge in [-0.1, -0.05) is 19.1 Å². The van der Waals surface area contributed by atoms with Crippen LogP contribution in [-0.4, -0.2) is 86.3 Å². The van der Waals surface area contributed by atoms with E-state index in [4.69, 9.17) is 9.47 Å². The van der Waals surface area contributed by atoms with Crippen molar-refractivity contribution in [3.05, 3.63) is 29.8 Å². The summed E-state index contributed by atoms with van der Waals surface area (Å²) < 4.78 is 10.8. The van der Waals surface area contributed by atoms with Crippen molar-refractivity contribution in [1.82, 2.24) is 15.5 Å². The summed E-state index contributed by atoms with van der Waals surface area (Å²) in [5.74, 6) is -1.30. The fourth-order valence-corrected chi connectivity index (χ4v) is 3.84. The molecule has 1 fully saturated rings. The van der Waals surface area contributed by atoms with Crippen LogP contribution in [0.2, 0.25) is 0 Å². The number of hydrogen-bond acceptors (Lipinski definition) is 8. The van der Waals surface area contributed by atoms with E-state index in [9.17, 15) is 28.8 Å². The van der Waals surface area contributed by atoms with Crippen molar-refractivity contribution >= 4 is 41.0 Å². The van der Waals surface area contributed by atoms with E-state index in [2.05, 4.69) is 16.0 Å². The Morgan fingerprint density at radius 2 is 1.48 bits per heavy atom. The van der Waals surface area contributed by atoms with Crippen molar-refractivity contribution in [2.24, 2.45) is 5.92 Å². The monoisotopic (exact) mass is 560 g/mol. The highest BCUT2D eigenvalue weighted by molar-refractivity contribution is 6.03. The Hall–Kier alpha value is -3.64. The van der Waals surface area contributed by atoms with Gasteiger partial charge in [0.25, 0.3) is 0 Å². The van der Waals surface area contributed by atoms with Gasteiger partial charge < -0.3 is 25.4 Å². The second-order valence-corrected chi connectivity index (χ2v) is 9.61. The average molecular weight is 561 g/mol. The summed E-state index contributed by atoms with van der Waals surface area (Å²) in [5, 5.41) is 8.19. The molecule has 2 rings (SSSR count). The number of Topliss-reactive ketones (excluding diaryl/α,β-unsaturated/α-hetero) is 1. The molecule has 0 radical (unpaired) electrons. The van der Waals surface area contributed by atoms with Crippen LogP contribution < -0.4 is 16.0 Å². The molecule has 0 aliphatic carbocycles. The van der Waals surface area contributed by atoms with Crippen LogP contribution >= 0.6 is 0 Å². The largest absolute Gasteiger partial charge is 0.379 e. The van der Waals surface area contributed by atoms with E-state index in [1.54, 1.807) is 19.1 Å². The van der Waals surface area contributed by atoms with E-state index >= 15 is 0 Å². The lowest BCUT2D eigenvalue weighted by Crippen LogP contribution is -2.35. The Bertz CT molecular complexity index is 1030. The smallest absolute Gasteiger partial charge is 0.232 e. The van der Waals surface area contributed by atoms with Gasteiger partial charge in [0.2, 0.25) is 29.5 Å². The zero-order valence-corrected chi connectivity index (χ0v) is 23.3. The Kier molecular flexibility index (Phi) is 14.5. The first-order valence-corrected chi connectivity index (χ1v) is 13.6. The third kappa shape index (κ3) is 12.9. The van der Waals surface area contributed by atoms with Gasteiger partial charge in [-0.3, -0.25) is 33.7 Å². The van der Waals surface area contributed by atoms with E-state index in [-0.39, 0.29) is 80.3 Å². The molecule has 1 atom stereocenters. The van der Waals surface area contributed by atoms with E-state index in [0.29, 0.717) is 51.3 Å². The Labute approximate surface area is 234 Å². The molecular weight excluding hydrogens is 520 g/mol. The Morgan fingerprint density at radius 3 is 2.12 bits per heavy atom. The number of hydrogen-bond donors (Lipinski definition) is 3. The molecule has 220 valence electrons. The highest BCUT2D eigenvalue weighted by Crippen LogP contribution is 2.18. The molecule has 0 spiro atoms. The zero-order chi connectivity index (χ0) is 29.3. The van der Waals surface area contributed by atoms with Crippen molar-refractivity contribution in [2.45, 2.75) is 52.4 Å². The van der Waals surface area contributed by atoms with Gasteiger partial charge in [-0.15, -0.1) is 0 Å². The molecule has 1 aromatic carbocycles. The number of rotatable bonds is 19. The highest BCUT2D eigenvalue weighted by Gasteiger charge is 2.35. The minimum atomic E-state index is -0.317. The lowest BCUT2D eigenvalue weighted by molar-refractivity contribution is -0.139. The van der Waals surface area contributed by atoms with Crippen LogP contribution in [0.3, 0.4) is 0 Å². The van der Waals surface area contributed by atoms with Crippen molar-refractivity contribution in [3.8, 4) is 0 Å². The fraction of sp³-hybridized carbons (Fsp3) is 0.571. The van der Waals surface area contributed by atoms with Gasteiger partial charge in [-0.25, -0.2) is 0 Å². The van der Waals surface area contributed by atoms with Crippen molar-refractivity contribution < 1.29 is 38.2 Å². The van der Waals surface area contributed by atoms with Gasteiger partial charge in [-0.2, -0.15) is 0 Å². The van der Waals surface area contributed by atoms with Crippen molar-refractivity contribution in [1.29, 1.82) is 0 Å². The number of anilines is 1. The second-order valence-electron chi connectivity index (χ2n) is 9.61. The molecular formula is C28H40N4O8. The van der Waals surface area contributed by atoms with Crippen LogP contribution in [0, 0.1) is 5.92 Å². The third-order valence-corrected chi connectivity index (χ3v) is 6.12. The molecule has 5 amide bonds. The lowest BCUT2D eigenvalue weighted by Gasteiger charge is -2.14. The first-order chi connectivity index (χ1) is 19.2. The molecule has 0 saturated carbocycles. The standard InChI is InChI=1S/C28H40N4O8/c1-20-19-27(37)32(28(20)38)14-10-25(35)30-13-16-40-18-17-39-15-11-26(36)31-23-6-3-22(4-7-23)5-8-24(34)29-12-9-21(2)33/h3-4,6-7,20H,5,8-19H2,1-2H3,(H,29,34)(H,30,35)(H,31,36). The van der Waals surface area contributed by atoms with Crippen LogP contribution in [0.4, 0.5) is 5.69 Å². The van der Waals surface area contributed by atoms with Gasteiger partial charge >= 0.3 is 0 Å². The average Bonchev–Trinajstić information content (AvgIpc) is 3.15. The predicted molar refractivity (Wildman–Crippen MR) is 146 cm³/mol. The SMILES string of the molecule is CC(=O)CCNC(=O)CCc1ccc(NC(=O)CCOCCOCCNC(=O)CCN2C(=O)CC(C)C2=O)cc1. The van der Waals surface area contributed by atoms with Gasteiger partial charge in [0, 0.05) is 56.9 Å². The molecule has 0 aromatic heterocycles. The molecule has 1 unspecified atom stereocenters. The first-order valence-electron chi connectivity index (χ1n) is 13.6. The van der Waals surface area contributed by atoms with Gasteiger partial charge in [0.1, 0.15) is 5.78 Å². The predicted octanol–water partition coefficient (Wildman–Crippen LogP) is 0.978. The first kappa shape index (κ1) is 32.6. The molecule has 1 aliphatic rings. The summed E-state index contributed by atoms with van der Waals surface area (Å²) in [6.07, 6.45) is 1.65. The number of aryl methyl sites for hydroxylation is 1. The molecule has 0 bridgehead atoms. The number of carbonyl (C=O) groups is 6. The zero-order valence-electron chi connectivity index (χ0n) is 23.3. The molecule has 1 aliphatic heterocycles. The van der Waals surface area contributed by atoms with Crippen LogP contribution in [0.1, 0.15) is 51.5 Å². The molecule has 12 heteroatoms. The normalized spacial score (nSPS) is 14.8. The maximum atomic E-state index is 12.1. The Balaban J connectivity index is 1.45. The third-order valence-electron chi connectivity index (χ3n) is 6.12. The number of ketones is 1. The second kappa shape index (κ2) is 17.9. The summed E-state index contributed by atoms with van der Waals surface area (Å²) in [6.45, 7) is 5.05. The number of carbonyl (C=O) groups excluding carboxylic acids is 6. The number of benzene rings is 1. The number of nitrogens with one attached hydrogen (secondary N) is 3. The van der Waals surface area contributed by atoms with E-state index in [1.807, 2.05) is 12.1 Å². The van der Waals surface area contributed by atoms with Crippen LogP contribution in [-0.2, 0) is 44.7 Å². The van der Waals surface area contributed by atoms with Crippen LogP contribution in [0.5, 0.6) is 0 Å². The molecule has 1 heterocycles. The maximum absolute atomic E-state index is 12.1. The number of imide groups is 1. The minimum Gasteiger partial charge on any atom is -0.379 e. The minimum absolute atomic E-state index is 0.0370. The summed E-state index contributed by atoms with van der Waals surface area (Å²) in [4.78, 5) is 71.4. The summed E-state index contributed by atoms with van der Waals surface area (Å²) in [7, 11) is 0. The van der Waals surface area contributed by atoms with Crippen molar-refractivity contribution in [3.63, 3.8) is 0 Å². The highest BCUT2D eigenvalue weighted by atomic mass is 16.5. The number of nitrogens with zero attached hydrogens (tertiary/aromatic N) is 1. The molecule has 3 N–H and O–H groups in total. The molecule has 1 aromatic rings. The van der Waals surface area contributed by atoms with Gasteiger partial charge in [0.05, 0.1) is 32.8 Å². The molecule has 12 nitrogen and oxygen atoms in total. The number of amides is 5. The molecule has 1 saturated heterocycles.